The number of nitrogens with one attached hydrogen (secondary N) is 1. The number of halogens is 2. The predicted octanol–water partition coefficient (Wildman–Crippen LogP) is 4.75. The minimum absolute atomic E-state index is 0.294. The van der Waals surface area contributed by atoms with Gasteiger partial charge < -0.3 is 5.32 Å². The molecule has 0 radical (unpaired) electrons. The highest BCUT2D eigenvalue weighted by Gasteiger charge is 2.11. The van der Waals surface area contributed by atoms with Crippen LogP contribution in [0.4, 0.5) is 10.2 Å². The van der Waals surface area contributed by atoms with Crippen LogP contribution in [-0.2, 0) is 0 Å². The molecule has 1 unspecified atom stereocenters. The summed E-state index contributed by atoms with van der Waals surface area (Å²) < 4.78 is 14.3. The van der Waals surface area contributed by atoms with Gasteiger partial charge in [0, 0.05) is 16.7 Å². The summed E-state index contributed by atoms with van der Waals surface area (Å²) in [5, 5.41) is 3.20. The molecule has 0 aliphatic heterocycles. The number of aromatic nitrogens is 1. The summed E-state index contributed by atoms with van der Waals surface area (Å²) in [6.07, 6.45) is 7.17. The molecule has 4 heteroatoms. The van der Waals surface area contributed by atoms with Gasteiger partial charge in [0.2, 0.25) is 0 Å². The van der Waals surface area contributed by atoms with Gasteiger partial charge in [-0.1, -0.05) is 33.1 Å². The standard InChI is InChI=1S/C13H20BrFN2/c1-3-5-7-11(6-4-2)17-13-12(15)8-10(14)9-16-13/h8-9,11H,3-7H2,1-2H3,(H,16,17). The van der Waals surface area contributed by atoms with Crippen molar-refractivity contribution in [3.63, 3.8) is 0 Å². The summed E-state index contributed by atoms with van der Waals surface area (Å²) in [5.41, 5.74) is 0. The summed E-state index contributed by atoms with van der Waals surface area (Å²) >= 11 is 3.20. The summed E-state index contributed by atoms with van der Waals surface area (Å²) in [4.78, 5) is 4.07. The van der Waals surface area contributed by atoms with Crippen LogP contribution in [0.1, 0.15) is 46.0 Å². The van der Waals surface area contributed by atoms with E-state index in [0.717, 1.165) is 32.1 Å². The quantitative estimate of drug-likeness (QED) is 0.786. The Morgan fingerprint density at radius 3 is 2.71 bits per heavy atom. The first-order chi connectivity index (χ1) is 8.17. The van der Waals surface area contributed by atoms with Gasteiger partial charge in [-0.2, -0.15) is 0 Å². The summed E-state index contributed by atoms with van der Waals surface area (Å²) in [5.74, 6) is 0.0692. The monoisotopic (exact) mass is 302 g/mol. The molecule has 96 valence electrons. The van der Waals surface area contributed by atoms with Crippen molar-refractivity contribution in [2.24, 2.45) is 0 Å². The normalized spacial score (nSPS) is 12.5. The van der Waals surface area contributed by atoms with Crippen LogP contribution in [0.25, 0.3) is 0 Å². The Kier molecular flexibility index (Phi) is 6.48. The Labute approximate surface area is 111 Å². The minimum atomic E-state index is -0.294. The van der Waals surface area contributed by atoms with Crippen molar-refractivity contribution >= 4 is 21.7 Å². The Hall–Kier alpha value is -0.640. The molecule has 0 bridgehead atoms. The number of rotatable bonds is 7. The molecule has 0 aliphatic carbocycles. The summed E-state index contributed by atoms with van der Waals surface area (Å²) in [7, 11) is 0. The highest BCUT2D eigenvalue weighted by atomic mass is 79.9. The number of hydrogen-bond acceptors (Lipinski definition) is 2. The maximum Gasteiger partial charge on any atom is 0.166 e. The highest BCUT2D eigenvalue weighted by Crippen LogP contribution is 2.19. The van der Waals surface area contributed by atoms with E-state index in [2.05, 4.69) is 40.1 Å². The zero-order valence-corrected chi connectivity index (χ0v) is 12.1. The van der Waals surface area contributed by atoms with Gasteiger partial charge in [0.05, 0.1) is 0 Å². The van der Waals surface area contributed by atoms with Crippen molar-refractivity contribution in [2.75, 3.05) is 5.32 Å². The van der Waals surface area contributed by atoms with Crippen LogP contribution in [0.3, 0.4) is 0 Å². The summed E-state index contributed by atoms with van der Waals surface area (Å²) in [6, 6.07) is 1.76. The van der Waals surface area contributed by atoms with Crippen LogP contribution in [0.15, 0.2) is 16.7 Å². The number of anilines is 1. The van der Waals surface area contributed by atoms with Crippen molar-refractivity contribution in [3.8, 4) is 0 Å². The van der Waals surface area contributed by atoms with E-state index in [9.17, 15) is 4.39 Å². The molecule has 17 heavy (non-hydrogen) atoms. The first-order valence-corrected chi connectivity index (χ1v) is 7.04. The van der Waals surface area contributed by atoms with Gasteiger partial charge in [0.1, 0.15) is 0 Å². The molecule has 1 aromatic rings. The van der Waals surface area contributed by atoms with E-state index in [1.165, 1.54) is 6.07 Å². The SMILES string of the molecule is CCCCC(CCC)Nc1ncc(Br)cc1F. The Morgan fingerprint density at radius 1 is 1.35 bits per heavy atom. The van der Waals surface area contributed by atoms with E-state index in [0.29, 0.717) is 16.3 Å². The molecule has 1 aromatic heterocycles. The van der Waals surface area contributed by atoms with E-state index in [1.54, 1.807) is 6.20 Å². The molecule has 0 saturated heterocycles. The van der Waals surface area contributed by atoms with Gasteiger partial charge in [-0.25, -0.2) is 9.37 Å². The van der Waals surface area contributed by atoms with Gasteiger partial charge in [0.15, 0.2) is 11.6 Å². The third kappa shape index (κ3) is 5.02. The van der Waals surface area contributed by atoms with Gasteiger partial charge in [0.25, 0.3) is 0 Å². The van der Waals surface area contributed by atoms with E-state index >= 15 is 0 Å². The number of hydrogen-bond donors (Lipinski definition) is 1. The Morgan fingerprint density at radius 2 is 2.12 bits per heavy atom. The van der Waals surface area contributed by atoms with E-state index in [-0.39, 0.29) is 5.82 Å². The van der Waals surface area contributed by atoms with E-state index in [1.807, 2.05) is 0 Å². The Balaban J connectivity index is 2.64. The van der Waals surface area contributed by atoms with Crippen LogP contribution in [0.2, 0.25) is 0 Å². The molecule has 0 aromatic carbocycles. The van der Waals surface area contributed by atoms with E-state index < -0.39 is 0 Å². The molecule has 0 spiro atoms. The number of unbranched alkanes of at least 4 members (excludes halogenated alkanes) is 1. The van der Waals surface area contributed by atoms with Gasteiger partial charge in [-0.3, -0.25) is 0 Å². The predicted molar refractivity (Wildman–Crippen MR) is 73.7 cm³/mol. The van der Waals surface area contributed by atoms with Crippen molar-refractivity contribution in [2.45, 2.75) is 52.0 Å². The molecule has 0 amide bonds. The molecule has 2 nitrogen and oxygen atoms in total. The lowest BCUT2D eigenvalue weighted by molar-refractivity contribution is 0.553. The van der Waals surface area contributed by atoms with Crippen LogP contribution in [0.5, 0.6) is 0 Å². The minimum Gasteiger partial charge on any atom is -0.365 e. The lowest BCUT2D eigenvalue weighted by Gasteiger charge is -2.18. The van der Waals surface area contributed by atoms with Crippen LogP contribution < -0.4 is 5.32 Å². The maximum absolute atomic E-state index is 13.6. The van der Waals surface area contributed by atoms with Crippen LogP contribution in [-0.4, -0.2) is 11.0 Å². The number of nitrogens with zero attached hydrogens (tertiary/aromatic N) is 1. The fourth-order valence-electron chi connectivity index (χ4n) is 1.80. The molecule has 0 saturated carbocycles. The highest BCUT2D eigenvalue weighted by molar-refractivity contribution is 9.10. The second-order valence-corrected chi connectivity index (χ2v) is 5.17. The first kappa shape index (κ1) is 14.4. The fraction of sp³-hybridized carbons (Fsp3) is 0.615. The van der Waals surface area contributed by atoms with Gasteiger partial charge in [-0.15, -0.1) is 0 Å². The van der Waals surface area contributed by atoms with Crippen molar-refractivity contribution in [3.05, 3.63) is 22.6 Å². The number of pyridine rings is 1. The van der Waals surface area contributed by atoms with Crippen LogP contribution >= 0.6 is 15.9 Å². The average Bonchev–Trinajstić information content (AvgIpc) is 2.29. The second-order valence-electron chi connectivity index (χ2n) is 4.26. The molecular formula is C13H20BrFN2. The fourth-order valence-corrected chi connectivity index (χ4v) is 2.11. The molecular weight excluding hydrogens is 283 g/mol. The maximum atomic E-state index is 13.6. The molecule has 0 aliphatic rings. The van der Waals surface area contributed by atoms with Gasteiger partial charge >= 0.3 is 0 Å². The molecule has 1 atom stereocenters. The largest absolute Gasteiger partial charge is 0.365 e. The third-order valence-corrected chi connectivity index (χ3v) is 3.13. The zero-order chi connectivity index (χ0) is 12.7. The van der Waals surface area contributed by atoms with Crippen molar-refractivity contribution < 1.29 is 4.39 Å². The first-order valence-electron chi connectivity index (χ1n) is 6.25. The van der Waals surface area contributed by atoms with Crippen molar-refractivity contribution in [1.82, 2.24) is 4.98 Å². The second kappa shape index (κ2) is 7.64. The van der Waals surface area contributed by atoms with Crippen LogP contribution in [0, 0.1) is 5.82 Å². The van der Waals surface area contributed by atoms with Gasteiger partial charge in [-0.05, 0) is 34.8 Å². The molecule has 1 rings (SSSR count). The Bertz CT molecular complexity index is 344. The third-order valence-electron chi connectivity index (χ3n) is 2.69. The average molecular weight is 303 g/mol. The lowest BCUT2D eigenvalue weighted by atomic mass is 10.1. The zero-order valence-electron chi connectivity index (χ0n) is 10.5. The molecule has 1 N–H and O–H groups in total. The van der Waals surface area contributed by atoms with Crippen molar-refractivity contribution in [1.29, 1.82) is 0 Å². The lowest BCUT2D eigenvalue weighted by Crippen LogP contribution is -2.20. The molecule has 0 fully saturated rings. The topological polar surface area (TPSA) is 24.9 Å². The summed E-state index contributed by atoms with van der Waals surface area (Å²) in [6.45, 7) is 4.31. The molecule has 1 heterocycles. The smallest absolute Gasteiger partial charge is 0.166 e. The van der Waals surface area contributed by atoms with E-state index in [4.69, 9.17) is 0 Å².